The molecule has 0 amide bonds. The zero-order valence-corrected chi connectivity index (χ0v) is 45.4. The standard InChI is InChI=1S/C72H61BN2/c1-67(2,3)38-29-46-48-31-40(69(7,8)9)35-58-63(48)74-61(46)54(33-38)71(50-25-17-13-21-42(50)43-22-14-18-26-51(43)71)56-37-57-66-60(65(56)74)73(58)59-36-41(70(10,11)12)32-49-47-30-39(68(4,5)6)34-55(62(47)75(66)64(49)59)72(57)52-27-19-15-23-44(52)45-24-16-20-28-53(45)72/h13-37H,1-12H3. The van der Waals surface area contributed by atoms with Gasteiger partial charge in [0.2, 0.25) is 0 Å². The van der Waals surface area contributed by atoms with Gasteiger partial charge >= 0.3 is 0 Å². The van der Waals surface area contributed by atoms with Gasteiger partial charge in [0.1, 0.15) is 0 Å². The Balaban J connectivity index is 1.22. The molecule has 2 nitrogen and oxygen atoms in total. The first-order valence-electron chi connectivity index (χ1n) is 27.7. The van der Waals surface area contributed by atoms with Crippen LogP contribution in [0.25, 0.3) is 77.2 Å². The van der Waals surface area contributed by atoms with Crippen LogP contribution in [0.5, 0.6) is 0 Å². The number of rotatable bonds is 0. The number of fused-ring (bicyclic) bond motifs is 18. The van der Waals surface area contributed by atoms with Crippen LogP contribution in [0.2, 0.25) is 0 Å². The fraction of sp³-hybridized carbons (Fsp3) is 0.250. The Kier molecular flexibility index (Phi) is 7.34. The molecule has 11 aromatic rings. The van der Waals surface area contributed by atoms with Gasteiger partial charge in [-0.15, -0.1) is 0 Å². The van der Waals surface area contributed by atoms with Crippen LogP contribution in [0.3, 0.4) is 0 Å². The fourth-order valence-electron chi connectivity index (χ4n) is 16.2. The van der Waals surface area contributed by atoms with Crippen molar-refractivity contribution in [1.82, 2.24) is 9.13 Å². The van der Waals surface area contributed by atoms with Crippen molar-refractivity contribution in [2.24, 2.45) is 0 Å². The van der Waals surface area contributed by atoms with E-state index >= 15 is 0 Å². The summed E-state index contributed by atoms with van der Waals surface area (Å²) >= 11 is 0. The van der Waals surface area contributed by atoms with E-state index in [2.05, 4.69) is 244 Å². The van der Waals surface area contributed by atoms with Gasteiger partial charge in [-0.25, -0.2) is 0 Å². The van der Waals surface area contributed by atoms with E-state index in [1.807, 2.05) is 0 Å². The highest BCUT2D eigenvalue weighted by Gasteiger charge is 2.59. The lowest BCUT2D eigenvalue weighted by atomic mass is 9.33. The second kappa shape index (κ2) is 12.8. The summed E-state index contributed by atoms with van der Waals surface area (Å²) in [5.74, 6) is 0. The third-order valence-corrected chi connectivity index (χ3v) is 19.6. The number of nitrogens with zero attached hydrogens (tertiary/aromatic N) is 2. The Morgan fingerprint density at radius 3 is 0.920 bits per heavy atom. The van der Waals surface area contributed by atoms with E-state index in [9.17, 15) is 0 Å². The van der Waals surface area contributed by atoms with Gasteiger partial charge < -0.3 is 9.13 Å². The van der Waals surface area contributed by atoms with Crippen molar-refractivity contribution >= 4 is 66.7 Å². The van der Waals surface area contributed by atoms with Crippen LogP contribution >= 0.6 is 0 Å². The third-order valence-electron chi connectivity index (χ3n) is 19.6. The molecule has 2 spiro atoms. The summed E-state index contributed by atoms with van der Waals surface area (Å²) in [6.07, 6.45) is 0. The number of aromatic nitrogens is 2. The molecule has 362 valence electrons. The van der Waals surface area contributed by atoms with E-state index in [-0.39, 0.29) is 28.4 Å². The minimum Gasteiger partial charge on any atom is -0.310 e. The minimum absolute atomic E-state index is 0.0305. The number of hydrogen-bond acceptors (Lipinski definition) is 0. The normalized spacial score (nSPS) is 16.2. The Bertz CT molecular complexity index is 4200. The van der Waals surface area contributed by atoms with E-state index < -0.39 is 10.8 Å². The Hall–Kier alpha value is -7.36. The van der Waals surface area contributed by atoms with E-state index in [0.717, 1.165) is 0 Å². The van der Waals surface area contributed by atoms with Gasteiger partial charge in [-0.2, -0.15) is 0 Å². The monoisotopic (exact) mass is 964 g/mol. The summed E-state index contributed by atoms with van der Waals surface area (Å²) in [7, 11) is 0. The van der Waals surface area contributed by atoms with Crippen molar-refractivity contribution in [3.63, 3.8) is 0 Å². The molecular formula is C72H61BN2. The molecule has 0 unspecified atom stereocenters. The van der Waals surface area contributed by atoms with Crippen LogP contribution in [-0.4, -0.2) is 15.8 Å². The summed E-state index contributed by atoms with van der Waals surface area (Å²) in [5, 5.41) is 5.52. The largest absolute Gasteiger partial charge is 0.310 e. The molecule has 6 aliphatic rings. The molecule has 0 bridgehead atoms. The molecule has 0 N–H and O–H groups in total. The topological polar surface area (TPSA) is 9.86 Å². The van der Waals surface area contributed by atoms with Crippen LogP contribution in [0.4, 0.5) is 0 Å². The molecule has 2 aliphatic carbocycles. The van der Waals surface area contributed by atoms with E-state index in [0.29, 0.717) is 0 Å². The van der Waals surface area contributed by atoms with Gasteiger partial charge in [-0.05, 0) is 157 Å². The molecule has 75 heavy (non-hydrogen) atoms. The van der Waals surface area contributed by atoms with Gasteiger partial charge in [-0.3, -0.25) is 0 Å². The molecule has 6 heterocycles. The SMILES string of the molecule is CC(C)(C)c1cc2c3c(c1)c1cc(C(C)(C)C)cc4c1n3-c1c(cc3c5c1B2c1cc(C(C)(C)C)cc2c6cc(C(C)(C)C)cc(c6n-5c12)C31c2ccccc2-c2ccccc21)C41c2ccccc2-c2ccccc21. The highest BCUT2D eigenvalue weighted by Crippen LogP contribution is 2.67. The minimum atomic E-state index is -0.631. The van der Waals surface area contributed by atoms with Crippen LogP contribution in [0.1, 0.15) is 150 Å². The predicted molar refractivity (Wildman–Crippen MR) is 316 cm³/mol. The smallest absolute Gasteiger partial charge is 0.252 e. The van der Waals surface area contributed by atoms with E-state index in [1.54, 1.807) is 0 Å². The zero-order chi connectivity index (χ0) is 51.2. The van der Waals surface area contributed by atoms with Gasteiger partial charge in [0.25, 0.3) is 6.71 Å². The van der Waals surface area contributed by atoms with Gasteiger partial charge in [-0.1, -0.05) is 204 Å². The molecule has 3 heteroatoms. The summed E-state index contributed by atoms with van der Waals surface area (Å²) < 4.78 is 5.67. The van der Waals surface area contributed by atoms with Crippen LogP contribution < -0.4 is 16.4 Å². The molecule has 2 aromatic heterocycles. The lowest BCUT2D eigenvalue weighted by Crippen LogP contribution is -2.62. The molecule has 0 radical (unpaired) electrons. The maximum Gasteiger partial charge on any atom is 0.252 e. The molecule has 0 saturated heterocycles. The zero-order valence-electron chi connectivity index (χ0n) is 45.4. The van der Waals surface area contributed by atoms with Crippen LogP contribution in [-0.2, 0) is 32.5 Å². The van der Waals surface area contributed by atoms with Crippen molar-refractivity contribution < 1.29 is 0 Å². The van der Waals surface area contributed by atoms with Crippen molar-refractivity contribution in [3.05, 3.63) is 218 Å². The average Bonchev–Trinajstić information content (AvgIpc) is 3.81. The van der Waals surface area contributed by atoms with E-state index in [1.165, 1.54) is 160 Å². The highest BCUT2D eigenvalue weighted by molar-refractivity contribution is 7.00. The first-order chi connectivity index (χ1) is 35.7. The van der Waals surface area contributed by atoms with Crippen molar-refractivity contribution in [1.29, 1.82) is 0 Å². The Morgan fingerprint density at radius 1 is 0.307 bits per heavy atom. The van der Waals surface area contributed by atoms with Crippen molar-refractivity contribution in [2.45, 2.75) is 116 Å². The summed E-state index contributed by atoms with van der Waals surface area (Å²) in [5.41, 5.74) is 33.1. The fourth-order valence-corrected chi connectivity index (χ4v) is 16.2. The Morgan fingerprint density at radius 2 is 0.600 bits per heavy atom. The number of benzene rings is 9. The lowest BCUT2D eigenvalue weighted by molar-refractivity contribution is 0.588. The summed E-state index contributed by atoms with van der Waals surface area (Å²) in [6.45, 7) is 29.0. The first kappa shape index (κ1) is 42.9. The second-order valence-electron chi connectivity index (χ2n) is 27.6. The highest BCUT2D eigenvalue weighted by atomic mass is 15.1. The average molecular weight is 965 g/mol. The van der Waals surface area contributed by atoms with Crippen molar-refractivity contribution in [2.75, 3.05) is 0 Å². The maximum atomic E-state index is 2.84. The summed E-state index contributed by atoms with van der Waals surface area (Å²) in [4.78, 5) is 0. The number of hydrogen-bond donors (Lipinski definition) is 0. The predicted octanol–water partition coefficient (Wildman–Crippen LogP) is 15.6. The third kappa shape index (κ3) is 4.65. The lowest BCUT2D eigenvalue weighted by Gasteiger charge is -2.48. The van der Waals surface area contributed by atoms with Gasteiger partial charge in [0.05, 0.1) is 21.9 Å². The van der Waals surface area contributed by atoms with Crippen LogP contribution in [0, 0.1) is 0 Å². The molecule has 0 saturated carbocycles. The quantitative estimate of drug-likeness (QED) is 0.134. The first-order valence-corrected chi connectivity index (χ1v) is 27.7. The molecule has 4 aliphatic heterocycles. The molecule has 0 atom stereocenters. The molecule has 0 fully saturated rings. The molecule has 17 rings (SSSR count). The van der Waals surface area contributed by atoms with E-state index in [4.69, 9.17) is 0 Å². The van der Waals surface area contributed by atoms with Gasteiger partial charge in [0, 0.05) is 44.0 Å². The van der Waals surface area contributed by atoms with Gasteiger partial charge in [0.15, 0.2) is 0 Å². The van der Waals surface area contributed by atoms with Crippen LogP contribution in [0.15, 0.2) is 152 Å². The van der Waals surface area contributed by atoms with Crippen molar-refractivity contribution in [3.8, 4) is 33.6 Å². The summed E-state index contributed by atoms with van der Waals surface area (Å²) in [6, 6.07) is 61.9. The second-order valence-corrected chi connectivity index (χ2v) is 27.6. The Labute approximate surface area is 441 Å². The maximum absolute atomic E-state index is 2.84. The molecular weight excluding hydrogens is 904 g/mol. The molecule has 9 aromatic carbocycles.